The summed E-state index contributed by atoms with van der Waals surface area (Å²) >= 11 is 0. The van der Waals surface area contributed by atoms with Crippen LogP contribution in [-0.4, -0.2) is 67.7 Å². The molecule has 3 aromatic heterocycles. The maximum absolute atomic E-state index is 15.4. The Kier molecular flexibility index (Phi) is 7.51. The highest BCUT2D eigenvalue weighted by molar-refractivity contribution is 5.75. The molecule has 1 aliphatic heterocycles. The highest BCUT2D eigenvalue weighted by Gasteiger charge is 2.37. The fourth-order valence-corrected chi connectivity index (χ4v) is 6.71. The predicted octanol–water partition coefficient (Wildman–Crippen LogP) is 4.21. The van der Waals surface area contributed by atoms with Crippen LogP contribution in [0.4, 0.5) is 26.1 Å². The van der Waals surface area contributed by atoms with Crippen LogP contribution in [0, 0.1) is 17.6 Å². The molecule has 4 N–H and O–H groups in total. The number of pyridine rings is 1. The summed E-state index contributed by atoms with van der Waals surface area (Å²) in [6.07, 6.45) is 7.58. The van der Waals surface area contributed by atoms with E-state index in [4.69, 9.17) is 5.73 Å². The first-order valence-electron chi connectivity index (χ1n) is 14.6. The number of benzene rings is 1. The zero-order valence-corrected chi connectivity index (χ0v) is 24.5. The van der Waals surface area contributed by atoms with E-state index >= 15 is 8.78 Å². The van der Waals surface area contributed by atoms with E-state index in [0.717, 1.165) is 18.5 Å². The van der Waals surface area contributed by atoms with Crippen molar-refractivity contribution in [2.45, 2.75) is 57.2 Å². The molecule has 0 radical (unpaired) electrons. The summed E-state index contributed by atoms with van der Waals surface area (Å²) in [7, 11) is 1.79. The molecular weight excluding hydrogens is 554 g/mol. The zero-order valence-electron chi connectivity index (χ0n) is 24.5. The van der Waals surface area contributed by atoms with Crippen LogP contribution in [0.1, 0.15) is 45.1 Å². The molecule has 1 aliphatic carbocycles. The van der Waals surface area contributed by atoms with Crippen LogP contribution < -0.4 is 16.0 Å². The lowest BCUT2D eigenvalue weighted by atomic mass is 9.88. The van der Waals surface area contributed by atoms with E-state index in [1.807, 2.05) is 6.07 Å². The highest BCUT2D eigenvalue weighted by atomic mass is 19.1. The van der Waals surface area contributed by atoms with Crippen molar-refractivity contribution < 1.29 is 18.7 Å². The number of nitrogens with zero attached hydrogens (tertiary/aromatic N) is 6. The molecule has 6 rings (SSSR count). The molecule has 12 heteroatoms. The van der Waals surface area contributed by atoms with Gasteiger partial charge < -0.3 is 26.0 Å². The number of amides is 1. The summed E-state index contributed by atoms with van der Waals surface area (Å²) in [5.74, 6) is -1.13. The minimum absolute atomic E-state index is 0.0214. The van der Waals surface area contributed by atoms with Gasteiger partial charge in [0.15, 0.2) is 0 Å². The number of hydrogen-bond acceptors (Lipinski definition) is 8. The van der Waals surface area contributed by atoms with Crippen molar-refractivity contribution >= 4 is 28.7 Å². The summed E-state index contributed by atoms with van der Waals surface area (Å²) in [5.41, 5.74) is 7.58. The average Bonchev–Trinajstić information content (AvgIpc) is 3.59. The van der Waals surface area contributed by atoms with Crippen LogP contribution in [-0.2, 0) is 10.4 Å². The standard InChI is InChI=1S/C31H36F2N8O2/c1-18-16-40(17-24(34)29(18)39(3)19(2)42)27-8-11-35-15-26(27)37-30-36-14-21-6-7-25(38-41(21)30)28-22(32)12-20(13-23(28)33)31(43)9-4-5-10-31/h6-8,11-15,18,24,29,43H,4-5,9-10,16-17,34H2,1-3H3,(H,36,37). The number of likely N-dealkylation sites (N-methyl/N-ethyl adjacent to an activating group) is 1. The molecule has 226 valence electrons. The normalized spacial score (nSPS) is 21.7. The number of imidazole rings is 1. The van der Waals surface area contributed by atoms with E-state index in [1.54, 1.807) is 49.6 Å². The summed E-state index contributed by atoms with van der Waals surface area (Å²) in [5, 5.41) is 18.7. The zero-order chi connectivity index (χ0) is 30.5. The minimum atomic E-state index is -1.21. The van der Waals surface area contributed by atoms with E-state index in [2.05, 4.69) is 32.2 Å². The van der Waals surface area contributed by atoms with Gasteiger partial charge in [0.2, 0.25) is 11.9 Å². The fourth-order valence-electron chi connectivity index (χ4n) is 6.71. The largest absolute Gasteiger partial charge is 0.385 e. The molecule has 1 saturated carbocycles. The molecular formula is C31H36F2N8O2. The molecule has 0 bridgehead atoms. The number of piperidine rings is 1. The Morgan fingerprint density at radius 1 is 1.14 bits per heavy atom. The van der Waals surface area contributed by atoms with Gasteiger partial charge in [-0.25, -0.2) is 13.8 Å². The maximum atomic E-state index is 15.4. The van der Waals surface area contributed by atoms with Crippen molar-refractivity contribution in [2.75, 3.05) is 30.4 Å². The number of rotatable bonds is 6. The predicted molar refractivity (Wildman–Crippen MR) is 160 cm³/mol. The minimum Gasteiger partial charge on any atom is -0.385 e. The van der Waals surface area contributed by atoms with Crippen LogP contribution in [0.3, 0.4) is 0 Å². The van der Waals surface area contributed by atoms with Gasteiger partial charge in [-0.05, 0) is 54.7 Å². The number of anilines is 3. The Balaban J connectivity index is 1.30. The monoisotopic (exact) mass is 590 g/mol. The molecule has 1 amide bonds. The Bertz CT molecular complexity index is 1640. The number of carbonyl (C=O) groups is 1. The lowest BCUT2D eigenvalue weighted by Gasteiger charge is -2.46. The molecule has 3 unspecified atom stereocenters. The molecule has 3 atom stereocenters. The maximum Gasteiger partial charge on any atom is 0.229 e. The second kappa shape index (κ2) is 11.2. The Labute approximate surface area is 248 Å². The molecule has 1 aromatic carbocycles. The molecule has 2 fully saturated rings. The molecule has 4 heterocycles. The van der Waals surface area contributed by atoms with Crippen LogP contribution in [0.2, 0.25) is 0 Å². The topological polar surface area (TPSA) is 125 Å². The first-order chi connectivity index (χ1) is 20.6. The first kappa shape index (κ1) is 28.9. The van der Waals surface area contributed by atoms with Gasteiger partial charge in [-0.1, -0.05) is 19.8 Å². The number of fused-ring (bicyclic) bond motifs is 1. The van der Waals surface area contributed by atoms with E-state index in [-0.39, 0.29) is 40.7 Å². The third-order valence-corrected chi connectivity index (χ3v) is 8.94. The SMILES string of the molecule is CC(=O)N(C)C1C(C)CN(c2ccncc2Nc2ncc3ccc(-c4c(F)cc(C5(O)CCCC5)cc4F)nn23)CC1N. The quantitative estimate of drug-likeness (QED) is 0.305. The second-order valence-corrected chi connectivity index (χ2v) is 11.9. The molecule has 10 nitrogen and oxygen atoms in total. The van der Waals surface area contributed by atoms with Crippen LogP contribution in [0.15, 0.2) is 48.9 Å². The third-order valence-electron chi connectivity index (χ3n) is 8.94. The summed E-state index contributed by atoms with van der Waals surface area (Å²) in [6, 6.07) is 7.21. The second-order valence-electron chi connectivity index (χ2n) is 11.9. The Hall–Kier alpha value is -4.16. The summed E-state index contributed by atoms with van der Waals surface area (Å²) in [4.78, 5) is 24.7. The first-order valence-corrected chi connectivity index (χ1v) is 14.6. The molecule has 43 heavy (non-hydrogen) atoms. The highest BCUT2D eigenvalue weighted by Crippen LogP contribution is 2.40. The molecule has 1 saturated heterocycles. The molecule has 4 aromatic rings. The number of carbonyl (C=O) groups excluding carboxylic acids is 1. The number of hydrogen-bond donors (Lipinski definition) is 3. The van der Waals surface area contributed by atoms with Crippen LogP contribution >= 0.6 is 0 Å². The lowest BCUT2D eigenvalue weighted by molar-refractivity contribution is -0.131. The third kappa shape index (κ3) is 5.29. The number of nitrogens with two attached hydrogens (primary N) is 1. The average molecular weight is 591 g/mol. The van der Waals surface area contributed by atoms with Gasteiger partial charge >= 0.3 is 0 Å². The Morgan fingerprint density at radius 2 is 1.86 bits per heavy atom. The van der Waals surface area contributed by atoms with Crippen molar-refractivity contribution in [3.63, 3.8) is 0 Å². The van der Waals surface area contributed by atoms with Gasteiger partial charge in [0, 0.05) is 39.3 Å². The van der Waals surface area contributed by atoms with Gasteiger partial charge in [-0.2, -0.15) is 9.61 Å². The van der Waals surface area contributed by atoms with Crippen molar-refractivity contribution in [1.29, 1.82) is 0 Å². The molecule has 0 spiro atoms. The number of aromatic nitrogens is 4. The van der Waals surface area contributed by atoms with E-state index < -0.39 is 17.2 Å². The van der Waals surface area contributed by atoms with E-state index in [1.165, 1.54) is 16.6 Å². The van der Waals surface area contributed by atoms with Gasteiger partial charge in [0.05, 0.1) is 52.2 Å². The van der Waals surface area contributed by atoms with Gasteiger partial charge in [-0.15, -0.1) is 0 Å². The smallest absolute Gasteiger partial charge is 0.229 e. The summed E-state index contributed by atoms with van der Waals surface area (Å²) in [6.45, 7) is 4.82. The van der Waals surface area contributed by atoms with Crippen molar-refractivity contribution in [2.24, 2.45) is 11.7 Å². The number of halogens is 2. The Morgan fingerprint density at radius 3 is 2.53 bits per heavy atom. The van der Waals surface area contributed by atoms with E-state index in [0.29, 0.717) is 43.1 Å². The fraction of sp³-hybridized carbons (Fsp3) is 0.419. The van der Waals surface area contributed by atoms with Crippen LogP contribution in [0.25, 0.3) is 16.8 Å². The summed E-state index contributed by atoms with van der Waals surface area (Å²) < 4.78 is 32.2. The molecule has 2 aliphatic rings. The number of nitrogens with one attached hydrogen (secondary N) is 1. The van der Waals surface area contributed by atoms with Crippen molar-refractivity contribution in [3.05, 3.63) is 66.1 Å². The van der Waals surface area contributed by atoms with Gasteiger partial charge in [0.1, 0.15) is 11.6 Å². The van der Waals surface area contributed by atoms with Gasteiger partial charge in [0.25, 0.3) is 0 Å². The van der Waals surface area contributed by atoms with Crippen molar-refractivity contribution in [3.8, 4) is 11.3 Å². The van der Waals surface area contributed by atoms with Crippen LogP contribution in [0.5, 0.6) is 0 Å². The van der Waals surface area contributed by atoms with E-state index in [9.17, 15) is 9.90 Å². The number of aliphatic hydroxyl groups is 1. The van der Waals surface area contributed by atoms with Crippen molar-refractivity contribution in [1.82, 2.24) is 24.5 Å². The lowest BCUT2D eigenvalue weighted by Crippen LogP contribution is -2.62. The van der Waals surface area contributed by atoms with Gasteiger partial charge in [-0.3, -0.25) is 9.78 Å².